The molecule has 90 valence electrons. The Morgan fingerprint density at radius 2 is 2.24 bits per heavy atom. The first-order valence-electron chi connectivity index (χ1n) is 5.64. The lowest BCUT2D eigenvalue weighted by atomic mass is 10.2. The molecule has 1 saturated heterocycles. The second-order valence-electron chi connectivity index (χ2n) is 4.19. The van der Waals surface area contributed by atoms with Crippen LogP contribution >= 0.6 is 0 Å². The molecule has 2 rings (SSSR count). The SMILES string of the molecule is N[C@@H]1CCN(C(=O)/C=C/c2ccccc2F)C1. The molecule has 1 aromatic rings. The number of nitrogens with zero attached hydrogens (tertiary/aromatic N) is 1. The number of likely N-dealkylation sites (tertiary alicyclic amines) is 1. The summed E-state index contributed by atoms with van der Waals surface area (Å²) in [6.07, 6.45) is 3.73. The number of carbonyl (C=O) groups is 1. The Hall–Kier alpha value is -1.68. The first-order chi connectivity index (χ1) is 8.16. The molecule has 1 atom stereocenters. The zero-order chi connectivity index (χ0) is 12.3. The average Bonchev–Trinajstić information content (AvgIpc) is 2.74. The number of halogens is 1. The maximum Gasteiger partial charge on any atom is 0.246 e. The van der Waals surface area contributed by atoms with E-state index in [-0.39, 0.29) is 17.8 Å². The van der Waals surface area contributed by atoms with E-state index in [1.807, 2.05) is 0 Å². The fourth-order valence-electron chi connectivity index (χ4n) is 1.86. The minimum atomic E-state index is -0.324. The topological polar surface area (TPSA) is 46.3 Å². The van der Waals surface area contributed by atoms with E-state index < -0.39 is 0 Å². The van der Waals surface area contributed by atoms with E-state index in [2.05, 4.69) is 0 Å². The average molecular weight is 234 g/mol. The third kappa shape index (κ3) is 2.91. The van der Waals surface area contributed by atoms with Crippen molar-refractivity contribution in [1.82, 2.24) is 4.90 Å². The van der Waals surface area contributed by atoms with E-state index in [0.29, 0.717) is 18.7 Å². The largest absolute Gasteiger partial charge is 0.338 e. The minimum Gasteiger partial charge on any atom is -0.338 e. The fourth-order valence-corrected chi connectivity index (χ4v) is 1.86. The summed E-state index contributed by atoms with van der Waals surface area (Å²) in [5, 5.41) is 0. The molecule has 0 bridgehead atoms. The van der Waals surface area contributed by atoms with E-state index in [4.69, 9.17) is 5.73 Å². The molecule has 4 heteroatoms. The molecule has 1 aromatic carbocycles. The van der Waals surface area contributed by atoms with E-state index >= 15 is 0 Å². The van der Waals surface area contributed by atoms with Crippen LogP contribution in [-0.2, 0) is 4.79 Å². The second-order valence-corrected chi connectivity index (χ2v) is 4.19. The van der Waals surface area contributed by atoms with E-state index in [1.54, 1.807) is 23.1 Å². The predicted octanol–water partition coefficient (Wildman–Crippen LogP) is 1.40. The summed E-state index contributed by atoms with van der Waals surface area (Å²) in [6.45, 7) is 1.27. The highest BCUT2D eigenvalue weighted by molar-refractivity contribution is 5.92. The van der Waals surface area contributed by atoms with Gasteiger partial charge in [0.15, 0.2) is 0 Å². The van der Waals surface area contributed by atoms with Crippen LogP contribution in [0.3, 0.4) is 0 Å². The Balaban J connectivity index is 2.01. The van der Waals surface area contributed by atoms with Crippen molar-refractivity contribution in [2.24, 2.45) is 5.73 Å². The summed E-state index contributed by atoms with van der Waals surface area (Å²) in [6, 6.07) is 6.43. The highest BCUT2D eigenvalue weighted by Gasteiger charge is 2.21. The van der Waals surface area contributed by atoms with Crippen molar-refractivity contribution < 1.29 is 9.18 Å². The van der Waals surface area contributed by atoms with Gasteiger partial charge in [-0.3, -0.25) is 4.79 Å². The molecule has 0 unspecified atom stereocenters. The van der Waals surface area contributed by atoms with Crippen LogP contribution < -0.4 is 5.73 Å². The van der Waals surface area contributed by atoms with Crippen LogP contribution in [0.5, 0.6) is 0 Å². The van der Waals surface area contributed by atoms with E-state index in [9.17, 15) is 9.18 Å². The maximum absolute atomic E-state index is 13.3. The van der Waals surface area contributed by atoms with Crippen LogP contribution in [0.2, 0.25) is 0 Å². The van der Waals surface area contributed by atoms with E-state index in [0.717, 1.165) is 6.42 Å². The van der Waals surface area contributed by atoms with Crippen molar-refractivity contribution in [3.8, 4) is 0 Å². The summed E-state index contributed by atoms with van der Waals surface area (Å²) in [5.41, 5.74) is 6.14. The third-order valence-corrected chi connectivity index (χ3v) is 2.85. The number of benzene rings is 1. The van der Waals surface area contributed by atoms with Crippen molar-refractivity contribution in [3.63, 3.8) is 0 Å². The molecular weight excluding hydrogens is 219 g/mol. The van der Waals surface area contributed by atoms with Crippen molar-refractivity contribution in [3.05, 3.63) is 41.7 Å². The number of rotatable bonds is 2. The number of hydrogen-bond acceptors (Lipinski definition) is 2. The van der Waals surface area contributed by atoms with Gasteiger partial charge in [0.2, 0.25) is 5.91 Å². The van der Waals surface area contributed by atoms with Crippen molar-refractivity contribution in [2.45, 2.75) is 12.5 Å². The van der Waals surface area contributed by atoms with E-state index in [1.165, 1.54) is 18.2 Å². The lowest BCUT2D eigenvalue weighted by molar-refractivity contribution is -0.124. The molecule has 1 fully saturated rings. The Bertz CT molecular complexity index is 445. The van der Waals surface area contributed by atoms with Gasteiger partial charge in [-0.1, -0.05) is 18.2 Å². The van der Waals surface area contributed by atoms with Gasteiger partial charge in [0, 0.05) is 30.8 Å². The highest BCUT2D eigenvalue weighted by atomic mass is 19.1. The van der Waals surface area contributed by atoms with Crippen LogP contribution in [0.1, 0.15) is 12.0 Å². The molecule has 1 aliphatic rings. The van der Waals surface area contributed by atoms with Crippen LogP contribution in [0, 0.1) is 5.82 Å². The number of carbonyl (C=O) groups excluding carboxylic acids is 1. The number of amides is 1. The van der Waals surface area contributed by atoms with Crippen LogP contribution in [0.4, 0.5) is 4.39 Å². The molecule has 0 saturated carbocycles. The molecule has 0 aromatic heterocycles. The first-order valence-corrected chi connectivity index (χ1v) is 5.64. The summed E-state index contributed by atoms with van der Waals surface area (Å²) < 4.78 is 13.3. The molecule has 1 amide bonds. The van der Waals surface area contributed by atoms with Crippen molar-refractivity contribution >= 4 is 12.0 Å². The van der Waals surface area contributed by atoms with Crippen molar-refractivity contribution in [2.75, 3.05) is 13.1 Å². The lowest BCUT2D eigenvalue weighted by Crippen LogP contribution is -2.30. The quantitative estimate of drug-likeness (QED) is 0.786. The number of hydrogen-bond donors (Lipinski definition) is 1. The van der Waals surface area contributed by atoms with Gasteiger partial charge >= 0.3 is 0 Å². The normalized spacial score (nSPS) is 20.1. The van der Waals surface area contributed by atoms with Gasteiger partial charge in [-0.15, -0.1) is 0 Å². The third-order valence-electron chi connectivity index (χ3n) is 2.85. The molecular formula is C13H15FN2O. The van der Waals surface area contributed by atoms with Gasteiger partial charge in [0.05, 0.1) is 0 Å². The molecule has 1 heterocycles. The summed E-state index contributed by atoms with van der Waals surface area (Å²) in [5.74, 6) is -0.434. The molecule has 0 radical (unpaired) electrons. The summed E-state index contributed by atoms with van der Waals surface area (Å²) >= 11 is 0. The van der Waals surface area contributed by atoms with Gasteiger partial charge in [-0.05, 0) is 18.6 Å². The molecule has 0 spiro atoms. The highest BCUT2D eigenvalue weighted by Crippen LogP contribution is 2.11. The van der Waals surface area contributed by atoms with Gasteiger partial charge in [0.1, 0.15) is 5.82 Å². The number of nitrogens with two attached hydrogens (primary N) is 1. The van der Waals surface area contributed by atoms with Gasteiger partial charge in [-0.2, -0.15) is 0 Å². The van der Waals surface area contributed by atoms with Crippen LogP contribution in [-0.4, -0.2) is 29.9 Å². The molecule has 17 heavy (non-hydrogen) atoms. The zero-order valence-electron chi connectivity index (χ0n) is 9.47. The first kappa shape index (κ1) is 11.8. The molecule has 3 nitrogen and oxygen atoms in total. The van der Waals surface area contributed by atoms with Crippen LogP contribution in [0.15, 0.2) is 30.3 Å². The smallest absolute Gasteiger partial charge is 0.246 e. The van der Waals surface area contributed by atoms with Gasteiger partial charge in [0.25, 0.3) is 0 Å². The van der Waals surface area contributed by atoms with Gasteiger partial charge < -0.3 is 10.6 Å². The molecule has 2 N–H and O–H groups in total. The second kappa shape index (κ2) is 5.10. The summed E-state index contributed by atoms with van der Waals surface area (Å²) in [7, 11) is 0. The lowest BCUT2D eigenvalue weighted by Gasteiger charge is -2.12. The Morgan fingerprint density at radius 3 is 2.88 bits per heavy atom. The Kier molecular flexibility index (Phi) is 3.54. The minimum absolute atomic E-state index is 0.0702. The molecule has 0 aliphatic carbocycles. The van der Waals surface area contributed by atoms with Crippen LogP contribution in [0.25, 0.3) is 6.08 Å². The summed E-state index contributed by atoms with van der Waals surface area (Å²) in [4.78, 5) is 13.4. The Labute approximate surface area is 99.7 Å². The zero-order valence-corrected chi connectivity index (χ0v) is 9.47. The maximum atomic E-state index is 13.3. The monoisotopic (exact) mass is 234 g/mol. The molecule has 1 aliphatic heterocycles. The fraction of sp³-hybridized carbons (Fsp3) is 0.308. The van der Waals surface area contributed by atoms with Gasteiger partial charge in [-0.25, -0.2) is 4.39 Å². The standard InChI is InChI=1S/C13H15FN2O/c14-12-4-2-1-3-10(12)5-6-13(17)16-8-7-11(15)9-16/h1-6,11H,7-9,15H2/b6-5+/t11-/m1/s1. The van der Waals surface area contributed by atoms with Crippen molar-refractivity contribution in [1.29, 1.82) is 0 Å². The predicted molar refractivity (Wildman–Crippen MR) is 64.6 cm³/mol. The Morgan fingerprint density at radius 1 is 1.47 bits per heavy atom.